The fraction of sp³-hybridized carbons (Fsp3) is 0.278. The van der Waals surface area contributed by atoms with E-state index in [1.165, 1.54) is 0 Å². The Kier molecular flexibility index (Phi) is 4.45. The standard InChI is InChI=1S/C18H18N2O2/c21-18-20(11-4-12-22-18)14-17-10-9-16(13-19-17)8-7-15-5-2-1-3-6-15/h1-3,5-6,9-10,19H,4,11-14H2. The van der Waals surface area contributed by atoms with Gasteiger partial charge in [0.2, 0.25) is 0 Å². The smallest absolute Gasteiger partial charge is 0.410 e. The zero-order chi connectivity index (χ0) is 15.2. The molecule has 112 valence electrons. The van der Waals surface area contributed by atoms with Crippen molar-refractivity contribution >= 4 is 6.09 Å². The number of nitrogens with one attached hydrogen (secondary N) is 1. The number of benzene rings is 1. The van der Waals surface area contributed by atoms with Gasteiger partial charge in [-0.15, -0.1) is 0 Å². The number of allylic oxidation sites excluding steroid dienone is 2. The van der Waals surface area contributed by atoms with Gasteiger partial charge in [-0.1, -0.05) is 30.0 Å². The van der Waals surface area contributed by atoms with E-state index in [0.717, 1.165) is 29.8 Å². The van der Waals surface area contributed by atoms with Crippen LogP contribution in [-0.2, 0) is 4.74 Å². The van der Waals surface area contributed by atoms with Crippen molar-refractivity contribution in [3.63, 3.8) is 0 Å². The Hall–Kier alpha value is -2.67. The number of hydrogen-bond acceptors (Lipinski definition) is 3. The van der Waals surface area contributed by atoms with Crippen LogP contribution >= 0.6 is 0 Å². The molecule has 1 amide bonds. The van der Waals surface area contributed by atoms with Gasteiger partial charge in [0.1, 0.15) is 0 Å². The fourth-order valence-corrected chi connectivity index (χ4v) is 2.34. The van der Waals surface area contributed by atoms with E-state index in [-0.39, 0.29) is 6.09 Å². The van der Waals surface area contributed by atoms with E-state index in [1.807, 2.05) is 42.5 Å². The highest BCUT2D eigenvalue weighted by atomic mass is 16.6. The number of ether oxygens (including phenoxy) is 1. The summed E-state index contributed by atoms with van der Waals surface area (Å²) in [5.41, 5.74) is 3.06. The summed E-state index contributed by atoms with van der Waals surface area (Å²) in [6.07, 6.45) is 4.66. The molecule has 0 bridgehead atoms. The van der Waals surface area contributed by atoms with E-state index in [2.05, 4.69) is 17.2 Å². The van der Waals surface area contributed by atoms with Crippen molar-refractivity contribution in [1.82, 2.24) is 10.2 Å². The van der Waals surface area contributed by atoms with E-state index < -0.39 is 0 Å². The normalized spacial score (nSPS) is 17.5. The first-order chi connectivity index (χ1) is 10.8. The lowest BCUT2D eigenvalue weighted by Crippen LogP contribution is -2.41. The van der Waals surface area contributed by atoms with E-state index in [0.29, 0.717) is 19.7 Å². The van der Waals surface area contributed by atoms with Crippen molar-refractivity contribution in [2.75, 3.05) is 26.2 Å². The maximum absolute atomic E-state index is 11.6. The van der Waals surface area contributed by atoms with Gasteiger partial charge in [-0.3, -0.25) is 0 Å². The molecule has 2 heterocycles. The molecule has 22 heavy (non-hydrogen) atoms. The highest BCUT2D eigenvalue weighted by Gasteiger charge is 2.20. The zero-order valence-corrected chi connectivity index (χ0v) is 12.3. The molecule has 0 aromatic heterocycles. The number of dihydropyridines is 1. The molecule has 3 rings (SSSR count). The van der Waals surface area contributed by atoms with Gasteiger partial charge in [0.25, 0.3) is 0 Å². The molecule has 1 aromatic rings. The number of carbonyl (C=O) groups excluding carboxylic acids is 1. The lowest BCUT2D eigenvalue weighted by molar-refractivity contribution is 0.0760. The van der Waals surface area contributed by atoms with E-state index in [4.69, 9.17) is 4.74 Å². The summed E-state index contributed by atoms with van der Waals surface area (Å²) < 4.78 is 5.03. The summed E-state index contributed by atoms with van der Waals surface area (Å²) in [6, 6.07) is 9.92. The number of amides is 1. The maximum atomic E-state index is 11.6. The van der Waals surface area contributed by atoms with Crippen LogP contribution in [0.25, 0.3) is 0 Å². The lowest BCUT2D eigenvalue weighted by Gasteiger charge is -2.28. The van der Waals surface area contributed by atoms with Crippen molar-refractivity contribution < 1.29 is 9.53 Å². The first-order valence-corrected chi connectivity index (χ1v) is 7.44. The van der Waals surface area contributed by atoms with Gasteiger partial charge in [-0.05, 0) is 30.7 Å². The van der Waals surface area contributed by atoms with Crippen LogP contribution in [0, 0.1) is 11.8 Å². The monoisotopic (exact) mass is 294 g/mol. The van der Waals surface area contributed by atoms with Crippen molar-refractivity contribution in [3.05, 3.63) is 59.3 Å². The molecule has 0 unspecified atom stereocenters. The third-order valence-electron chi connectivity index (χ3n) is 3.55. The number of rotatable bonds is 2. The molecule has 1 N–H and O–H groups in total. The van der Waals surface area contributed by atoms with Crippen LogP contribution in [0.4, 0.5) is 4.79 Å². The largest absolute Gasteiger partial charge is 0.449 e. The van der Waals surface area contributed by atoms with Crippen molar-refractivity contribution in [1.29, 1.82) is 0 Å². The Morgan fingerprint density at radius 3 is 2.77 bits per heavy atom. The van der Waals surface area contributed by atoms with Crippen LogP contribution in [0.5, 0.6) is 0 Å². The predicted octanol–water partition coefficient (Wildman–Crippen LogP) is 2.29. The summed E-state index contributed by atoms with van der Waals surface area (Å²) in [5.74, 6) is 6.32. The topological polar surface area (TPSA) is 41.6 Å². The third-order valence-corrected chi connectivity index (χ3v) is 3.55. The second-order valence-corrected chi connectivity index (χ2v) is 5.24. The molecular weight excluding hydrogens is 276 g/mol. The summed E-state index contributed by atoms with van der Waals surface area (Å²) in [4.78, 5) is 13.3. The number of carbonyl (C=O) groups is 1. The minimum Gasteiger partial charge on any atom is -0.449 e. The fourth-order valence-electron chi connectivity index (χ4n) is 2.34. The van der Waals surface area contributed by atoms with Gasteiger partial charge in [-0.25, -0.2) is 4.79 Å². The molecule has 0 spiro atoms. The number of nitrogens with zero attached hydrogens (tertiary/aromatic N) is 1. The van der Waals surface area contributed by atoms with Crippen molar-refractivity contribution in [3.8, 4) is 11.8 Å². The summed E-state index contributed by atoms with van der Waals surface area (Å²) in [7, 11) is 0. The van der Waals surface area contributed by atoms with Gasteiger partial charge >= 0.3 is 6.09 Å². The van der Waals surface area contributed by atoms with Crippen LogP contribution in [0.2, 0.25) is 0 Å². The van der Waals surface area contributed by atoms with Gasteiger partial charge in [0.05, 0.1) is 13.2 Å². The Morgan fingerprint density at radius 2 is 2.05 bits per heavy atom. The lowest BCUT2D eigenvalue weighted by atomic mass is 10.1. The minimum absolute atomic E-state index is 0.229. The van der Waals surface area contributed by atoms with Crippen LogP contribution < -0.4 is 5.32 Å². The molecule has 0 radical (unpaired) electrons. The van der Waals surface area contributed by atoms with Gasteiger partial charge in [0, 0.05) is 29.9 Å². The average Bonchev–Trinajstić information content (AvgIpc) is 2.57. The van der Waals surface area contributed by atoms with E-state index >= 15 is 0 Å². The zero-order valence-electron chi connectivity index (χ0n) is 12.3. The van der Waals surface area contributed by atoms with Crippen LogP contribution in [0.3, 0.4) is 0 Å². The summed E-state index contributed by atoms with van der Waals surface area (Å²) >= 11 is 0. The van der Waals surface area contributed by atoms with E-state index in [9.17, 15) is 4.79 Å². The quantitative estimate of drug-likeness (QED) is 0.851. The van der Waals surface area contributed by atoms with Gasteiger partial charge in [-0.2, -0.15) is 0 Å². The summed E-state index contributed by atoms with van der Waals surface area (Å²) in [5, 5.41) is 3.31. The highest BCUT2D eigenvalue weighted by Crippen LogP contribution is 2.10. The third kappa shape index (κ3) is 3.70. The molecule has 1 aromatic carbocycles. The maximum Gasteiger partial charge on any atom is 0.410 e. The highest BCUT2D eigenvalue weighted by molar-refractivity contribution is 5.68. The van der Waals surface area contributed by atoms with E-state index in [1.54, 1.807) is 4.90 Å². The number of hydrogen-bond donors (Lipinski definition) is 1. The second-order valence-electron chi connectivity index (χ2n) is 5.24. The number of cyclic esters (lactones) is 1. The van der Waals surface area contributed by atoms with Gasteiger partial charge < -0.3 is 15.0 Å². The SMILES string of the molecule is O=C1OCCCN1CC1=CC=C(C#Cc2ccccc2)CN1. The Balaban J connectivity index is 1.62. The molecule has 1 saturated heterocycles. The molecule has 1 fully saturated rings. The molecule has 0 atom stereocenters. The van der Waals surface area contributed by atoms with Crippen LogP contribution in [-0.4, -0.2) is 37.2 Å². The van der Waals surface area contributed by atoms with Crippen molar-refractivity contribution in [2.45, 2.75) is 6.42 Å². The Morgan fingerprint density at radius 1 is 1.18 bits per heavy atom. The molecular formula is C18H18N2O2. The molecule has 4 heteroatoms. The Bertz CT molecular complexity index is 665. The first kappa shape index (κ1) is 14.3. The average molecular weight is 294 g/mol. The molecule has 4 nitrogen and oxygen atoms in total. The Labute approximate surface area is 130 Å². The first-order valence-electron chi connectivity index (χ1n) is 7.44. The molecule has 2 aliphatic heterocycles. The summed E-state index contributed by atoms with van der Waals surface area (Å²) in [6.45, 7) is 2.53. The molecule has 2 aliphatic rings. The van der Waals surface area contributed by atoms with Crippen LogP contribution in [0.15, 0.2) is 53.8 Å². The van der Waals surface area contributed by atoms with Crippen LogP contribution in [0.1, 0.15) is 12.0 Å². The van der Waals surface area contributed by atoms with Gasteiger partial charge in [0.15, 0.2) is 0 Å². The van der Waals surface area contributed by atoms with Crippen molar-refractivity contribution in [2.24, 2.45) is 0 Å². The molecule has 0 aliphatic carbocycles. The second kappa shape index (κ2) is 6.86. The minimum atomic E-state index is -0.229. The predicted molar refractivity (Wildman–Crippen MR) is 85.0 cm³/mol. The molecule has 0 saturated carbocycles.